The van der Waals surface area contributed by atoms with Gasteiger partial charge in [-0.3, -0.25) is 14.4 Å². The number of hydrogen-bond acceptors (Lipinski definition) is 2. The number of nitrogens with zero attached hydrogens (tertiary/aromatic N) is 6. The van der Waals surface area contributed by atoms with Crippen LogP contribution in [0, 0.1) is 17.9 Å². The number of halogens is 1. The van der Waals surface area contributed by atoms with E-state index in [2.05, 4.69) is 359 Å². The summed E-state index contributed by atoms with van der Waals surface area (Å²) < 4.78 is 22.7. The molecule has 4 heterocycles. The van der Waals surface area contributed by atoms with Crippen molar-refractivity contribution >= 4 is 0 Å². The molecule has 516 valence electrons. The normalized spacial score (nSPS) is 11.1. The number of imidazole rings is 3. The molecule has 0 N–H and O–H groups in total. The van der Waals surface area contributed by atoms with E-state index in [9.17, 15) is 4.39 Å². The van der Waals surface area contributed by atoms with Gasteiger partial charge in [-0.1, -0.05) is 275 Å². The average molecular weight is 1730 g/mol. The van der Waals surface area contributed by atoms with Crippen LogP contribution in [0.3, 0.4) is 0 Å². The van der Waals surface area contributed by atoms with Crippen molar-refractivity contribution in [1.29, 1.82) is 0 Å². The van der Waals surface area contributed by atoms with Crippen LogP contribution in [0.4, 0.5) is 4.39 Å². The van der Waals surface area contributed by atoms with Gasteiger partial charge in [-0.05, 0) is 110 Å². The van der Waals surface area contributed by atoms with Gasteiger partial charge in [-0.15, -0.1) is 65.7 Å². The Kier molecular flexibility index (Phi) is 21.9. The third-order valence-corrected chi connectivity index (χ3v) is 19.2. The summed E-state index contributed by atoms with van der Waals surface area (Å²) in [5.74, 6) is 2.92. The fraction of sp³-hybridized carbons (Fsp3) is 0.0412. The molecule has 1 aliphatic heterocycles. The van der Waals surface area contributed by atoms with Crippen molar-refractivity contribution in [2.45, 2.75) is 26.3 Å². The van der Waals surface area contributed by atoms with E-state index in [0.29, 0.717) is 11.7 Å². The summed E-state index contributed by atoms with van der Waals surface area (Å²) >= 11 is 0. The van der Waals surface area contributed by atoms with E-state index < -0.39 is 0 Å². The number of rotatable bonds is 14. The van der Waals surface area contributed by atoms with Crippen LogP contribution in [0.2, 0.25) is 0 Å². The molecule has 17 aromatic rings. The molecule has 6 nitrogen and oxygen atoms in total. The molecule has 106 heavy (non-hydrogen) atoms. The van der Waals surface area contributed by atoms with Gasteiger partial charge in [0.2, 0.25) is 0 Å². The Morgan fingerprint density at radius 3 is 1.06 bits per heavy atom. The fourth-order valence-corrected chi connectivity index (χ4v) is 14.2. The van der Waals surface area contributed by atoms with Crippen LogP contribution in [-0.4, -0.2) is 23.7 Å². The van der Waals surface area contributed by atoms with Crippen molar-refractivity contribution in [2.75, 3.05) is 0 Å². The van der Waals surface area contributed by atoms with Gasteiger partial charge in [0, 0.05) is 110 Å². The minimum atomic E-state index is -0.320. The van der Waals surface area contributed by atoms with E-state index in [0.717, 1.165) is 68.3 Å². The second kappa shape index (κ2) is 32.7. The first kappa shape index (κ1) is 71.0. The van der Waals surface area contributed by atoms with Crippen LogP contribution in [0.1, 0.15) is 30.9 Å². The molecule has 0 aliphatic carbocycles. The Hall–Kier alpha value is -12.1. The largest absolute Gasteiger partial charge is 0.339 e. The number of benzene rings is 14. The van der Waals surface area contributed by atoms with Crippen LogP contribution in [0.25, 0.3) is 140 Å². The maximum Gasteiger partial charge on any atom is 0.294 e. The van der Waals surface area contributed by atoms with Gasteiger partial charge in [-0.25, -0.2) is 4.57 Å². The molecule has 1 aliphatic rings. The van der Waals surface area contributed by atoms with E-state index in [1.807, 2.05) is 48.8 Å². The molecule has 0 atom stereocenters. The maximum absolute atomic E-state index is 13.7. The second-order valence-electron chi connectivity index (χ2n) is 26.1. The van der Waals surface area contributed by atoms with Crippen LogP contribution in [0.5, 0.6) is 0 Å². The van der Waals surface area contributed by atoms with Crippen LogP contribution in [0.15, 0.2) is 383 Å². The van der Waals surface area contributed by atoms with Gasteiger partial charge >= 0.3 is 0 Å². The molecule has 9 heteroatoms. The topological polar surface area (TPSA) is 44.5 Å². The summed E-state index contributed by atoms with van der Waals surface area (Å²) in [6, 6.07) is 126. The van der Waals surface area contributed by atoms with Gasteiger partial charge < -0.3 is 9.13 Å². The standard InChI is InChI=1S/C34H25N2.C33H22FN2.C30H25N2.2Ir/c1-4-12-25(13-5-1)29-22-31(26-14-6-2-7-15-26)33(32(23-29)27-16-8-3-9-17-27)36-21-20-35-24-28-18-10-11-19-30(28)34(35)36;34-29-18-16-27(17-19-29)33-35-20-21-36(33)32-30(25-12-6-2-7-13-25)22-28(24-10-4-1-5-11-24)23-31(32)26-14-8-3-9-15-26;1-22(2)26-20-27(23-12-6-3-7-13-23)29(28(21-26)24-14-8-4-9-15-24)32-19-18-31-30(32)25-16-10-5-11-17-25;;/h1-23H,24H2;1-16,18-23H;3-16,18-22H,1-2H3;;/q+1;2*-1;;. The van der Waals surface area contributed by atoms with Crippen molar-refractivity contribution in [3.05, 3.63) is 412 Å². The Morgan fingerprint density at radius 2 is 0.689 bits per heavy atom. The molecule has 0 spiro atoms. The monoisotopic (exact) mass is 1730 g/mol. The summed E-state index contributed by atoms with van der Waals surface area (Å²) in [6.45, 7) is 5.40. The molecule has 0 fully saturated rings. The van der Waals surface area contributed by atoms with E-state index >= 15 is 0 Å². The predicted molar refractivity (Wildman–Crippen MR) is 424 cm³/mol. The van der Waals surface area contributed by atoms with Gasteiger partial charge in [0.1, 0.15) is 24.6 Å². The first-order valence-electron chi connectivity index (χ1n) is 35.3. The summed E-state index contributed by atoms with van der Waals surface area (Å²) in [7, 11) is 0. The van der Waals surface area contributed by atoms with E-state index in [1.165, 1.54) is 96.0 Å². The zero-order valence-electron chi connectivity index (χ0n) is 58.4. The van der Waals surface area contributed by atoms with Gasteiger partial charge in [0.05, 0.1) is 28.6 Å². The SMILES string of the molecule is CC(C)c1cc(-c2ccccc2)c(-n2ccnc2-c2[c-]cccc2)c(-c2ccccc2)c1.Fc1c[c-]c(-c2nccn2-c2c(-c3ccccc3)cc(-c3ccccc3)cc2-c2ccccc2)cc1.[Ir].[Ir].c1ccc(-c2cc(-c3ccccc3)c(-n3cc[n+]4c3-c3ccccc3C4)c(-c3ccccc3)c2)cc1. The Bertz CT molecular complexity index is 5570. The minimum Gasteiger partial charge on any atom is -0.339 e. The van der Waals surface area contributed by atoms with Crippen molar-refractivity contribution in [2.24, 2.45) is 0 Å². The van der Waals surface area contributed by atoms with Gasteiger partial charge in [0.25, 0.3) is 5.82 Å². The molecule has 18 rings (SSSR count). The zero-order valence-corrected chi connectivity index (χ0v) is 63.2. The number of fused-ring (bicyclic) bond motifs is 3. The maximum atomic E-state index is 13.7. The van der Waals surface area contributed by atoms with Crippen molar-refractivity contribution in [3.63, 3.8) is 0 Å². The summed E-state index contributed by atoms with van der Waals surface area (Å²) in [4.78, 5) is 9.37. The molecule has 3 aromatic heterocycles. The van der Waals surface area contributed by atoms with Gasteiger partial charge in [0.15, 0.2) is 0 Å². The minimum absolute atomic E-state index is 0. The Morgan fingerprint density at radius 1 is 0.340 bits per heavy atom. The molecule has 14 aromatic carbocycles. The Labute approximate surface area is 646 Å². The molecule has 0 amide bonds. The molecule has 0 saturated carbocycles. The summed E-state index contributed by atoms with van der Waals surface area (Å²) in [5.41, 5.74) is 27.8. The summed E-state index contributed by atoms with van der Waals surface area (Å²) in [5, 5.41) is 0. The second-order valence-corrected chi connectivity index (χ2v) is 26.1. The zero-order chi connectivity index (χ0) is 70.1. The van der Waals surface area contributed by atoms with Crippen LogP contribution < -0.4 is 4.57 Å². The van der Waals surface area contributed by atoms with Crippen molar-refractivity contribution in [3.8, 4) is 140 Å². The van der Waals surface area contributed by atoms with E-state index in [4.69, 9.17) is 4.98 Å². The van der Waals surface area contributed by atoms with Gasteiger partial charge in [-0.2, -0.15) is 4.57 Å². The smallest absolute Gasteiger partial charge is 0.294 e. The number of aromatic nitrogens is 6. The van der Waals surface area contributed by atoms with Crippen LogP contribution in [-0.2, 0) is 46.8 Å². The number of hydrogen-bond donors (Lipinski definition) is 0. The molecule has 0 bridgehead atoms. The van der Waals surface area contributed by atoms with Crippen molar-refractivity contribution < 1.29 is 49.2 Å². The molecular formula is C97H72FIr2N6-. The third kappa shape index (κ3) is 14.9. The molecule has 2 radical (unpaired) electrons. The van der Waals surface area contributed by atoms with Crippen LogP contribution >= 0.6 is 0 Å². The van der Waals surface area contributed by atoms with E-state index in [-0.39, 0.29) is 46.0 Å². The summed E-state index contributed by atoms with van der Waals surface area (Å²) in [6.07, 6.45) is 12.1. The first-order chi connectivity index (χ1) is 51.4. The average Bonchev–Trinajstić information content (AvgIpc) is 1.50. The fourth-order valence-electron chi connectivity index (χ4n) is 14.2. The first-order valence-corrected chi connectivity index (χ1v) is 35.3. The van der Waals surface area contributed by atoms with Crippen molar-refractivity contribution in [1.82, 2.24) is 23.7 Å². The third-order valence-electron chi connectivity index (χ3n) is 19.2. The predicted octanol–water partition coefficient (Wildman–Crippen LogP) is 24.1. The Balaban J connectivity index is 0.000000133. The molecule has 0 saturated heterocycles. The van der Waals surface area contributed by atoms with E-state index in [1.54, 1.807) is 12.3 Å². The molecular weight excluding hydrogens is 1650 g/mol. The molecule has 0 unspecified atom stereocenters. The quantitative estimate of drug-likeness (QED) is 0.0804.